The Morgan fingerprint density at radius 1 is 0.174 bits per heavy atom. The van der Waals surface area contributed by atoms with Crippen molar-refractivity contribution in [3.8, 4) is 124 Å². The zero-order valence-corrected chi connectivity index (χ0v) is 77.0. The third-order valence-corrected chi connectivity index (χ3v) is 20.9. The van der Waals surface area contributed by atoms with Crippen molar-refractivity contribution in [2.75, 3.05) is 52.9 Å². The monoisotopic (exact) mass is 1850 g/mol. The number of hydrogen-bond donors (Lipinski definition) is 0. The van der Waals surface area contributed by atoms with E-state index in [0.717, 1.165) is 33.4 Å². The van der Waals surface area contributed by atoms with Crippen LogP contribution in [-0.4, -0.2) is 112 Å². The molecule has 0 saturated carbocycles. The summed E-state index contributed by atoms with van der Waals surface area (Å²) in [6.45, 7) is 6.11. The second-order valence-electron chi connectivity index (χ2n) is 33.6. The Bertz CT molecular complexity index is 6140. The Morgan fingerprint density at radius 3 is 0.507 bits per heavy atom. The summed E-state index contributed by atoms with van der Waals surface area (Å²) in [6.07, 6.45) is 0. The molecule has 138 heavy (non-hydrogen) atoms. The molecule has 14 aromatic rings. The first-order chi connectivity index (χ1) is 66.9. The van der Waals surface area contributed by atoms with Crippen LogP contribution in [0.4, 0.5) is 0 Å². The van der Waals surface area contributed by atoms with Crippen molar-refractivity contribution in [2.45, 2.75) is 92.4 Å². The van der Waals surface area contributed by atoms with Crippen molar-refractivity contribution in [1.82, 2.24) is 0 Å². The smallest absolute Gasteiger partial charge is 0.344 e. The zero-order chi connectivity index (χ0) is 96.6. The molecule has 0 unspecified atom stereocenters. The molecule has 14 aromatic carbocycles. The number of carbonyl (C=O) groups excluding carboxylic acids is 8. The van der Waals surface area contributed by atoms with Crippen LogP contribution in [0.3, 0.4) is 0 Å². The van der Waals surface area contributed by atoms with E-state index in [0.29, 0.717) is 89.4 Å². The van der Waals surface area contributed by atoms with Gasteiger partial charge in [-0.2, -0.15) is 0 Å². The molecule has 0 aromatic heterocycles. The molecule has 0 aliphatic heterocycles. The van der Waals surface area contributed by atoms with Crippen LogP contribution in [-0.2, 0) is 116 Å². The minimum atomic E-state index is -0.920. The zero-order valence-electron chi connectivity index (χ0n) is 77.0. The number of hydrogen-bond acceptors (Lipinski definition) is 24. The van der Waals surface area contributed by atoms with Crippen LogP contribution in [0, 0.1) is 0 Å². The second kappa shape index (κ2) is 47.7. The van der Waals surface area contributed by atoms with Gasteiger partial charge in [-0.15, -0.1) is 0 Å². The maximum Gasteiger partial charge on any atom is 0.344 e. The van der Waals surface area contributed by atoms with Gasteiger partial charge in [-0.1, -0.05) is 255 Å². The van der Waals surface area contributed by atoms with Gasteiger partial charge < -0.3 is 75.8 Å². The highest BCUT2D eigenvalue weighted by molar-refractivity contribution is 5.90. The molecule has 0 fully saturated rings. The first-order valence-corrected chi connectivity index (χ1v) is 44.6. The Balaban J connectivity index is 0.841. The van der Waals surface area contributed by atoms with E-state index < -0.39 is 112 Å². The molecule has 14 rings (SSSR count). The molecule has 0 bridgehead atoms. The van der Waals surface area contributed by atoms with E-state index in [-0.39, 0.29) is 74.1 Å². The van der Waals surface area contributed by atoms with Crippen molar-refractivity contribution in [3.05, 3.63) is 373 Å². The molecule has 0 heterocycles. The van der Waals surface area contributed by atoms with Gasteiger partial charge in [-0.25, -0.2) is 38.4 Å². The molecular weight excluding hydrogens is 1750 g/mol. The van der Waals surface area contributed by atoms with Crippen LogP contribution in [0.5, 0.6) is 46.0 Å². The molecule has 0 N–H and O–H groups in total. The number of carbonyl (C=O) groups is 8. The van der Waals surface area contributed by atoms with Gasteiger partial charge in [0.25, 0.3) is 0 Å². The fourth-order valence-electron chi connectivity index (χ4n) is 14.4. The highest BCUT2D eigenvalue weighted by atomic mass is 16.6. The van der Waals surface area contributed by atoms with Crippen molar-refractivity contribution in [2.24, 2.45) is 0 Å². The topological polar surface area (TPSA) is 284 Å². The Kier molecular flexibility index (Phi) is 33.6. The lowest BCUT2D eigenvalue weighted by atomic mass is 9.93. The molecule has 0 atom stereocenters. The van der Waals surface area contributed by atoms with E-state index in [1.807, 2.05) is 206 Å². The summed E-state index contributed by atoms with van der Waals surface area (Å²) in [6, 6.07) is 101. The number of esters is 8. The predicted molar refractivity (Wildman–Crippen MR) is 518 cm³/mol. The summed E-state index contributed by atoms with van der Waals surface area (Å²) in [5, 5.41) is 0. The molecule has 0 saturated heterocycles. The largest absolute Gasteiger partial charge is 0.481 e. The normalized spacial score (nSPS) is 11.0. The average Bonchev–Trinajstić information content (AvgIpc) is 0.774. The van der Waals surface area contributed by atoms with Crippen LogP contribution in [0.2, 0.25) is 0 Å². The fourth-order valence-corrected chi connectivity index (χ4v) is 14.4. The van der Waals surface area contributed by atoms with Crippen molar-refractivity contribution >= 4 is 47.8 Å². The summed E-state index contributed by atoms with van der Waals surface area (Å²) in [7, 11) is 0. The van der Waals surface area contributed by atoms with Crippen molar-refractivity contribution < 1.29 is 114 Å². The maximum absolute atomic E-state index is 14.0. The highest BCUT2D eigenvalue weighted by Gasteiger charge is 2.27. The fraction of sp³-hybridized carbons (Fsp3) is 0.193. The maximum atomic E-state index is 14.0. The van der Waals surface area contributed by atoms with E-state index >= 15 is 0 Å². The number of rotatable bonds is 43. The molecule has 0 radical (unpaired) electrons. The van der Waals surface area contributed by atoms with Gasteiger partial charge in [0.1, 0.15) is 96.8 Å². The molecule has 702 valence electrons. The standard InChI is InChI=1S/C114H102O24/c1-113(2,3)137-111(121)75-129-103-61-87(49-55-95(103)93-53-47-85(59-101(93)127-73-109(119)135-67-81-37-21-11-22-38-81)83-45-51-91(99(57-83)125-71-107(117)133-65-79-33-17-9-18-34-79)89-41-25-27-43-97(89)123-69-105(115)131-63-77-29-13-7-14-30-77)88-50-56-96(104(62-88)130-76-112(122)138-114(4,5)6)94-54-48-86(60-102(94)128-74-110(120)136-68-82-39-23-12-24-40-82)84-46-52-92(100(58-84)126-72-108(118)134-66-80-35-19-10-20-36-80)90-42-26-28-44-98(90)124-70-106(116)132-64-78-31-15-8-16-32-78/h7-62H,63-76H2,1-6H3. The predicted octanol–water partition coefficient (Wildman–Crippen LogP) is 21.5. The van der Waals surface area contributed by atoms with Crippen molar-refractivity contribution in [3.63, 3.8) is 0 Å². The van der Waals surface area contributed by atoms with Gasteiger partial charge in [-0.3, -0.25) is 0 Å². The van der Waals surface area contributed by atoms with E-state index in [1.165, 1.54) is 0 Å². The van der Waals surface area contributed by atoms with E-state index in [1.54, 1.807) is 175 Å². The van der Waals surface area contributed by atoms with Gasteiger partial charge in [0.15, 0.2) is 52.9 Å². The lowest BCUT2D eigenvalue weighted by molar-refractivity contribution is -0.158. The lowest BCUT2D eigenvalue weighted by Crippen LogP contribution is -2.27. The Morgan fingerprint density at radius 2 is 0.326 bits per heavy atom. The Labute approximate surface area is 799 Å². The van der Waals surface area contributed by atoms with Crippen molar-refractivity contribution in [1.29, 1.82) is 0 Å². The van der Waals surface area contributed by atoms with Crippen LogP contribution < -0.4 is 37.9 Å². The number of ether oxygens (including phenoxy) is 16. The molecule has 0 aliphatic rings. The van der Waals surface area contributed by atoms with Gasteiger partial charge in [-0.05, 0) is 193 Å². The lowest BCUT2D eigenvalue weighted by Gasteiger charge is -2.21. The average molecular weight is 1860 g/mol. The molecule has 24 nitrogen and oxygen atoms in total. The first-order valence-electron chi connectivity index (χ1n) is 44.6. The molecule has 0 amide bonds. The third-order valence-electron chi connectivity index (χ3n) is 20.9. The van der Waals surface area contributed by atoms with Crippen LogP contribution in [0.15, 0.2) is 340 Å². The highest BCUT2D eigenvalue weighted by Crippen LogP contribution is 2.48. The summed E-state index contributed by atoms with van der Waals surface area (Å²) in [5.74, 6) is -3.72. The first kappa shape index (κ1) is 97.3. The third kappa shape index (κ3) is 29.1. The number of benzene rings is 14. The molecule has 24 heteroatoms. The minimum absolute atomic E-state index is 0.0104. The SMILES string of the molecule is CC(C)(C)OC(=O)COc1cc(-c2ccc(-c3ccc(-c4ccc(-c5ccccc5OCC(=O)OCc5ccccc5)c(OCC(=O)OCc5ccccc5)c4)cc3OCC(=O)OCc3ccccc3)c(OCC(=O)OC(C)(C)C)c2)ccc1-c1ccc(-c2ccc(-c3ccccc3OCC(=O)OCc3ccccc3)c(OCC(=O)OCc3ccccc3)c2)cc1OCC(=O)OCc1ccccc1. The van der Waals surface area contributed by atoms with Gasteiger partial charge in [0.05, 0.1) is 0 Å². The number of para-hydroxylation sites is 2. The van der Waals surface area contributed by atoms with Crippen LogP contribution >= 0.6 is 0 Å². The summed E-state index contributed by atoms with van der Waals surface area (Å²) < 4.78 is 97.2. The summed E-state index contributed by atoms with van der Waals surface area (Å²) >= 11 is 0. The van der Waals surface area contributed by atoms with Gasteiger partial charge in [0, 0.05) is 44.5 Å². The summed E-state index contributed by atoms with van der Waals surface area (Å²) in [4.78, 5) is 109. The quantitative estimate of drug-likeness (QED) is 0.0253. The Hall–Kier alpha value is -16.8. The minimum Gasteiger partial charge on any atom is -0.481 e. The summed E-state index contributed by atoms with van der Waals surface area (Å²) in [5.41, 5.74) is 9.41. The van der Waals surface area contributed by atoms with Crippen LogP contribution in [0.1, 0.15) is 74.9 Å². The second-order valence-corrected chi connectivity index (χ2v) is 33.6. The van der Waals surface area contributed by atoms with E-state index in [4.69, 9.17) is 75.8 Å². The van der Waals surface area contributed by atoms with E-state index in [9.17, 15) is 38.4 Å². The van der Waals surface area contributed by atoms with Gasteiger partial charge >= 0.3 is 47.8 Å². The van der Waals surface area contributed by atoms with Gasteiger partial charge in [0.2, 0.25) is 0 Å². The van der Waals surface area contributed by atoms with Crippen LogP contribution in [0.25, 0.3) is 77.9 Å². The molecule has 0 aliphatic carbocycles. The molecule has 0 spiro atoms. The molecular formula is C114H102O24. The van der Waals surface area contributed by atoms with E-state index in [2.05, 4.69) is 0 Å².